The van der Waals surface area contributed by atoms with Crippen LogP contribution in [-0.4, -0.2) is 58.4 Å². The lowest BCUT2D eigenvalue weighted by molar-refractivity contribution is -0.137. The fraction of sp³-hybridized carbons (Fsp3) is 0.222. The second-order valence-corrected chi connectivity index (χ2v) is 8.78. The first-order valence-corrected chi connectivity index (χ1v) is 11.7. The number of H-pyrrole nitrogens is 1. The highest BCUT2D eigenvalue weighted by Gasteiger charge is 2.31. The van der Waals surface area contributed by atoms with E-state index in [-0.39, 0.29) is 17.0 Å². The van der Waals surface area contributed by atoms with Crippen molar-refractivity contribution >= 4 is 11.7 Å². The van der Waals surface area contributed by atoms with E-state index in [4.69, 9.17) is 0 Å². The van der Waals surface area contributed by atoms with Crippen molar-refractivity contribution in [2.45, 2.75) is 6.18 Å². The standard InChI is InChI=1S/C27H23F4N5O/c28-23-16-20(9-10-32-23)25-24(19-7-4-8-21(15-19)27(29,30)31)33-26(34-25)36-13-11-35(12-14-36)17-22(37)18-5-2-1-3-6-18/h1-10,15-16H,11-14,17H2,(H,33,34). The molecule has 0 amide bonds. The number of hydrogen-bond acceptors (Lipinski definition) is 5. The lowest BCUT2D eigenvalue weighted by Crippen LogP contribution is -2.48. The van der Waals surface area contributed by atoms with E-state index in [1.807, 2.05) is 23.1 Å². The van der Waals surface area contributed by atoms with Gasteiger partial charge in [0, 0.05) is 55.1 Å². The quantitative estimate of drug-likeness (QED) is 0.217. The van der Waals surface area contributed by atoms with Gasteiger partial charge in [0.05, 0.1) is 23.5 Å². The van der Waals surface area contributed by atoms with Gasteiger partial charge in [-0.05, 0) is 18.2 Å². The van der Waals surface area contributed by atoms with E-state index in [0.29, 0.717) is 55.5 Å². The van der Waals surface area contributed by atoms with Crippen LogP contribution in [0.1, 0.15) is 15.9 Å². The number of pyridine rings is 1. The van der Waals surface area contributed by atoms with Crippen LogP contribution in [0.3, 0.4) is 0 Å². The summed E-state index contributed by atoms with van der Waals surface area (Å²) in [5.41, 5.74) is 1.24. The average Bonchev–Trinajstić information content (AvgIpc) is 3.35. The van der Waals surface area contributed by atoms with Gasteiger partial charge >= 0.3 is 6.18 Å². The lowest BCUT2D eigenvalue weighted by atomic mass is 10.0. The van der Waals surface area contributed by atoms with Crippen molar-refractivity contribution in [1.82, 2.24) is 19.9 Å². The number of carbonyl (C=O) groups is 1. The van der Waals surface area contributed by atoms with Crippen molar-refractivity contribution in [3.05, 3.63) is 90.0 Å². The molecule has 3 heterocycles. The number of imidazole rings is 1. The number of rotatable bonds is 6. The van der Waals surface area contributed by atoms with Gasteiger partial charge < -0.3 is 9.88 Å². The van der Waals surface area contributed by atoms with E-state index in [1.165, 1.54) is 18.3 Å². The first-order valence-electron chi connectivity index (χ1n) is 11.7. The van der Waals surface area contributed by atoms with Crippen LogP contribution in [-0.2, 0) is 6.18 Å². The summed E-state index contributed by atoms with van der Waals surface area (Å²) in [6, 6.07) is 16.8. The predicted molar refractivity (Wildman–Crippen MR) is 132 cm³/mol. The van der Waals surface area contributed by atoms with Gasteiger partial charge in [-0.3, -0.25) is 9.69 Å². The van der Waals surface area contributed by atoms with E-state index in [0.717, 1.165) is 12.1 Å². The van der Waals surface area contributed by atoms with Gasteiger partial charge in [-0.1, -0.05) is 42.5 Å². The minimum atomic E-state index is -4.51. The van der Waals surface area contributed by atoms with E-state index in [1.54, 1.807) is 24.3 Å². The smallest absolute Gasteiger partial charge is 0.340 e. The molecular formula is C27H23F4N5O. The summed E-state index contributed by atoms with van der Waals surface area (Å²) < 4.78 is 54.0. The maximum absolute atomic E-state index is 13.9. The van der Waals surface area contributed by atoms with E-state index < -0.39 is 17.7 Å². The van der Waals surface area contributed by atoms with Crippen molar-refractivity contribution in [2.75, 3.05) is 37.6 Å². The number of hydrogen-bond donors (Lipinski definition) is 1. The number of benzene rings is 2. The number of nitrogens with zero attached hydrogens (tertiary/aromatic N) is 4. The van der Waals surface area contributed by atoms with E-state index in [2.05, 4.69) is 19.9 Å². The molecule has 190 valence electrons. The van der Waals surface area contributed by atoms with Gasteiger partial charge in [-0.15, -0.1) is 0 Å². The molecule has 4 aromatic rings. The van der Waals surface area contributed by atoms with E-state index in [9.17, 15) is 22.4 Å². The Morgan fingerprint density at radius 3 is 2.38 bits per heavy atom. The third-order valence-electron chi connectivity index (χ3n) is 6.30. The number of ketones is 1. The van der Waals surface area contributed by atoms with Crippen molar-refractivity contribution < 1.29 is 22.4 Å². The Bertz CT molecular complexity index is 1400. The third-order valence-corrected chi connectivity index (χ3v) is 6.30. The van der Waals surface area contributed by atoms with Crippen LogP contribution in [0.15, 0.2) is 72.9 Å². The molecule has 0 aliphatic carbocycles. The van der Waals surface area contributed by atoms with Gasteiger partial charge in [0.15, 0.2) is 5.78 Å². The normalized spacial score (nSPS) is 14.6. The second kappa shape index (κ2) is 10.1. The number of nitrogens with one attached hydrogen (secondary N) is 1. The molecule has 0 saturated carbocycles. The van der Waals surface area contributed by atoms with Crippen molar-refractivity contribution in [3.8, 4) is 22.5 Å². The molecule has 1 aliphatic rings. The molecule has 1 fully saturated rings. The average molecular weight is 510 g/mol. The molecule has 0 radical (unpaired) electrons. The highest BCUT2D eigenvalue weighted by atomic mass is 19.4. The maximum Gasteiger partial charge on any atom is 0.416 e. The molecule has 1 N–H and O–H groups in total. The Hall–Kier alpha value is -4.05. The van der Waals surface area contributed by atoms with Gasteiger partial charge in [0.1, 0.15) is 0 Å². The Balaban J connectivity index is 1.40. The maximum atomic E-state index is 13.9. The van der Waals surface area contributed by atoms with Gasteiger partial charge in [-0.25, -0.2) is 9.97 Å². The van der Waals surface area contributed by atoms with Crippen molar-refractivity contribution in [2.24, 2.45) is 0 Å². The lowest BCUT2D eigenvalue weighted by Gasteiger charge is -2.34. The van der Waals surface area contributed by atoms with Gasteiger partial charge in [0.25, 0.3) is 0 Å². The highest BCUT2D eigenvalue weighted by molar-refractivity contribution is 5.97. The van der Waals surface area contributed by atoms with Crippen LogP contribution in [0, 0.1) is 5.95 Å². The second-order valence-electron chi connectivity index (χ2n) is 8.78. The Kier molecular flexibility index (Phi) is 6.75. The molecule has 6 nitrogen and oxygen atoms in total. The molecule has 10 heteroatoms. The topological polar surface area (TPSA) is 65.1 Å². The van der Waals surface area contributed by atoms with Gasteiger partial charge in [-0.2, -0.15) is 17.6 Å². The predicted octanol–water partition coefficient (Wildman–Crippen LogP) is 5.30. The highest BCUT2D eigenvalue weighted by Crippen LogP contribution is 2.36. The zero-order valence-electron chi connectivity index (χ0n) is 19.7. The molecule has 0 unspecified atom stereocenters. The van der Waals surface area contributed by atoms with Crippen molar-refractivity contribution in [3.63, 3.8) is 0 Å². The van der Waals surface area contributed by atoms with Crippen LogP contribution >= 0.6 is 0 Å². The first-order chi connectivity index (χ1) is 17.8. The molecule has 2 aromatic carbocycles. The fourth-order valence-electron chi connectivity index (χ4n) is 4.37. The molecule has 0 atom stereocenters. The molecule has 0 bridgehead atoms. The molecule has 0 spiro atoms. The van der Waals surface area contributed by atoms with Crippen LogP contribution in [0.5, 0.6) is 0 Å². The SMILES string of the molecule is O=C(CN1CCN(c2nc(-c3cccc(C(F)(F)F)c3)c(-c3ccnc(F)c3)[nH]2)CC1)c1ccccc1. The third kappa shape index (κ3) is 5.54. The summed E-state index contributed by atoms with van der Waals surface area (Å²) in [5, 5.41) is 0. The Morgan fingerprint density at radius 2 is 1.68 bits per heavy atom. The number of anilines is 1. The van der Waals surface area contributed by atoms with Crippen LogP contribution < -0.4 is 4.90 Å². The zero-order valence-corrected chi connectivity index (χ0v) is 19.7. The number of piperazine rings is 1. The molecule has 1 saturated heterocycles. The summed E-state index contributed by atoms with van der Waals surface area (Å²) in [7, 11) is 0. The molecule has 37 heavy (non-hydrogen) atoms. The summed E-state index contributed by atoms with van der Waals surface area (Å²) in [5.74, 6) is -0.199. The number of alkyl halides is 3. The fourth-order valence-corrected chi connectivity index (χ4v) is 4.37. The molecular weight excluding hydrogens is 486 g/mol. The number of Topliss-reactive ketones (excluding diaryl/α,β-unsaturated/α-hetero) is 1. The van der Waals surface area contributed by atoms with Gasteiger partial charge in [0.2, 0.25) is 11.9 Å². The Labute approximate surface area is 210 Å². The van der Waals surface area contributed by atoms with Crippen LogP contribution in [0.4, 0.5) is 23.5 Å². The number of aromatic nitrogens is 3. The molecule has 5 rings (SSSR count). The minimum Gasteiger partial charge on any atom is -0.340 e. The molecule has 1 aliphatic heterocycles. The summed E-state index contributed by atoms with van der Waals surface area (Å²) in [6.07, 6.45) is -3.21. The summed E-state index contributed by atoms with van der Waals surface area (Å²) in [4.78, 5) is 28.0. The number of carbonyl (C=O) groups excluding carboxylic acids is 1. The summed E-state index contributed by atoms with van der Waals surface area (Å²) in [6.45, 7) is 2.63. The minimum absolute atomic E-state index is 0.0425. The van der Waals surface area contributed by atoms with E-state index >= 15 is 0 Å². The zero-order chi connectivity index (χ0) is 26.0. The largest absolute Gasteiger partial charge is 0.416 e. The Morgan fingerprint density at radius 1 is 0.919 bits per heavy atom. The summed E-state index contributed by atoms with van der Waals surface area (Å²) >= 11 is 0. The monoisotopic (exact) mass is 509 g/mol. The van der Waals surface area contributed by atoms with Crippen molar-refractivity contribution in [1.29, 1.82) is 0 Å². The number of aromatic amines is 1. The number of halogens is 4. The van der Waals surface area contributed by atoms with Crippen LogP contribution in [0.25, 0.3) is 22.5 Å². The van der Waals surface area contributed by atoms with Crippen LogP contribution in [0.2, 0.25) is 0 Å². The first kappa shape index (κ1) is 24.6. The molecule has 2 aromatic heterocycles.